The van der Waals surface area contributed by atoms with Crippen LogP contribution in [0, 0.1) is 5.92 Å². The fourth-order valence-electron chi connectivity index (χ4n) is 1.28. The van der Waals surface area contributed by atoms with Crippen molar-refractivity contribution in [3.8, 4) is 0 Å². The normalized spacial score (nSPS) is 12.0. The maximum absolute atomic E-state index is 10.8. The lowest BCUT2D eigenvalue weighted by atomic mass is 10.0. The summed E-state index contributed by atoms with van der Waals surface area (Å²) in [6, 6.07) is 6.35. The van der Waals surface area contributed by atoms with Gasteiger partial charge in [0.25, 0.3) is 10.1 Å². The van der Waals surface area contributed by atoms with Crippen LogP contribution in [0.15, 0.2) is 29.2 Å². The Bertz CT molecular complexity index is 404. The predicted molar refractivity (Wildman–Crippen MR) is 59.4 cm³/mol. The molecule has 4 heteroatoms. The molecule has 1 aromatic rings. The van der Waals surface area contributed by atoms with Crippen LogP contribution >= 0.6 is 0 Å². The summed E-state index contributed by atoms with van der Waals surface area (Å²) in [5.41, 5.74) is 1.09. The van der Waals surface area contributed by atoms with Crippen molar-refractivity contribution >= 4 is 10.1 Å². The van der Waals surface area contributed by atoms with Gasteiger partial charge in [0.2, 0.25) is 0 Å². The highest BCUT2D eigenvalue weighted by molar-refractivity contribution is 7.85. The minimum absolute atomic E-state index is 0.0456. The highest BCUT2D eigenvalue weighted by Gasteiger charge is 2.08. The average Bonchev–Trinajstić information content (AvgIpc) is 2.14. The topological polar surface area (TPSA) is 54.4 Å². The second kappa shape index (κ2) is 4.77. The van der Waals surface area contributed by atoms with Gasteiger partial charge in [-0.2, -0.15) is 8.42 Å². The lowest BCUT2D eigenvalue weighted by Gasteiger charge is -2.05. The molecule has 0 spiro atoms. The van der Waals surface area contributed by atoms with E-state index in [0.29, 0.717) is 5.92 Å². The SMILES string of the molecule is CC(C)CCc1ccc(S(=O)(=O)O)cc1. The van der Waals surface area contributed by atoms with E-state index >= 15 is 0 Å². The second-order valence-electron chi connectivity index (χ2n) is 4.05. The summed E-state index contributed by atoms with van der Waals surface area (Å²) in [5.74, 6) is 0.631. The molecule has 0 aliphatic heterocycles. The Kier molecular flexibility index (Phi) is 3.88. The van der Waals surface area contributed by atoms with Crippen LogP contribution in [-0.2, 0) is 16.5 Å². The van der Waals surface area contributed by atoms with Crippen molar-refractivity contribution < 1.29 is 13.0 Å². The van der Waals surface area contributed by atoms with Crippen LogP contribution < -0.4 is 0 Å². The monoisotopic (exact) mass is 228 g/mol. The van der Waals surface area contributed by atoms with Crippen molar-refractivity contribution in [1.29, 1.82) is 0 Å². The first kappa shape index (κ1) is 12.2. The molecular weight excluding hydrogens is 212 g/mol. The second-order valence-corrected chi connectivity index (χ2v) is 5.47. The van der Waals surface area contributed by atoms with E-state index in [-0.39, 0.29) is 4.90 Å². The number of aryl methyl sites for hydroxylation is 1. The van der Waals surface area contributed by atoms with E-state index in [9.17, 15) is 8.42 Å². The fourth-order valence-corrected chi connectivity index (χ4v) is 1.76. The van der Waals surface area contributed by atoms with Crippen molar-refractivity contribution in [3.63, 3.8) is 0 Å². The van der Waals surface area contributed by atoms with Crippen LogP contribution in [0.1, 0.15) is 25.8 Å². The van der Waals surface area contributed by atoms with Crippen LogP contribution in [0.25, 0.3) is 0 Å². The number of benzene rings is 1. The van der Waals surface area contributed by atoms with E-state index in [1.54, 1.807) is 12.1 Å². The smallest absolute Gasteiger partial charge is 0.282 e. The Morgan fingerprint density at radius 3 is 2.13 bits per heavy atom. The van der Waals surface area contributed by atoms with Crippen LogP contribution in [0.5, 0.6) is 0 Å². The summed E-state index contributed by atoms with van der Waals surface area (Å²) in [4.78, 5) is -0.0456. The van der Waals surface area contributed by atoms with Crippen molar-refractivity contribution in [2.75, 3.05) is 0 Å². The van der Waals surface area contributed by atoms with E-state index in [1.807, 2.05) is 0 Å². The molecule has 0 unspecified atom stereocenters. The van der Waals surface area contributed by atoms with Gasteiger partial charge < -0.3 is 0 Å². The van der Waals surface area contributed by atoms with Crippen molar-refractivity contribution in [2.24, 2.45) is 5.92 Å². The van der Waals surface area contributed by atoms with Gasteiger partial charge in [-0.15, -0.1) is 0 Å². The zero-order valence-electron chi connectivity index (χ0n) is 8.97. The Balaban J connectivity index is 2.73. The minimum Gasteiger partial charge on any atom is -0.282 e. The van der Waals surface area contributed by atoms with Crippen LogP contribution in [0.3, 0.4) is 0 Å². The molecule has 1 N–H and O–H groups in total. The van der Waals surface area contributed by atoms with E-state index in [0.717, 1.165) is 18.4 Å². The summed E-state index contributed by atoms with van der Waals surface area (Å²) in [6.45, 7) is 4.29. The Hall–Kier alpha value is -0.870. The summed E-state index contributed by atoms with van der Waals surface area (Å²) in [6.07, 6.45) is 2.01. The highest BCUT2D eigenvalue weighted by Crippen LogP contribution is 2.13. The first-order valence-corrected chi connectivity index (χ1v) is 6.40. The molecule has 3 nitrogen and oxygen atoms in total. The minimum atomic E-state index is -4.05. The molecule has 0 aromatic heterocycles. The van der Waals surface area contributed by atoms with E-state index < -0.39 is 10.1 Å². The zero-order valence-corrected chi connectivity index (χ0v) is 9.79. The molecule has 0 fully saturated rings. The maximum atomic E-state index is 10.8. The van der Waals surface area contributed by atoms with Gasteiger partial charge in [-0.1, -0.05) is 26.0 Å². The molecule has 0 radical (unpaired) electrons. The highest BCUT2D eigenvalue weighted by atomic mass is 32.2. The third-order valence-electron chi connectivity index (χ3n) is 2.23. The van der Waals surface area contributed by atoms with Gasteiger partial charge in [-0.3, -0.25) is 4.55 Å². The number of hydrogen-bond donors (Lipinski definition) is 1. The van der Waals surface area contributed by atoms with Crippen molar-refractivity contribution in [1.82, 2.24) is 0 Å². The molecule has 1 rings (SSSR count). The molecule has 15 heavy (non-hydrogen) atoms. The van der Waals surface area contributed by atoms with Gasteiger partial charge in [0.05, 0.1) is 4.90 Å². The molecule has 84 valence electrons. The molecular formula is C11H16O3S. The molecule has 0 saturated heterocycles. The van der Waals surface area contributed by atoms with Gasteiger partial charge in [0, 0.05) is 0 Å². The molecule has 0 heterocycles. The van der Waals surface area contributed by atoms with E-state index in [2.05, 4.69) is 13.8 Å². The van der Waals surface area contributed by atoms with Gasteiger partial charge in [0.15, 0.2) is 0 Å². The first-order chi connectivity index (χ1) is 6.89. The average molecular weight is 228 g/mol. The van der Waals surface area contributed by atoms with Gasteiger partial charge in [0.1, 0.15) is 0 Å². The molecule has 0 atom stereocenters. The summed E-state index contributed by atoms with van der Waals surface area (Å²) in [5, 5.41) is 0. The summed E-state index contributed by atoms with van der Waals surface area (Å²) >= 11 is 0. The molecule has 0 aliphatic rings. The quantitative estimate of drug-likeness (QED) is 0.806. The maximum Gasteiger partial charge on any atom is 0.294 e. The third kappa shape index (κ3) is 4.01. The van der Waals surface area contributed by atoms with Crippen LogP contribution in [-0.4, -0.2) is 13.0 Å². The summed E-state index contributed by atoms with van der Waals surface area (Å²) < 4.78 is 30.3. The first-order valence-electron chi connectivity index (χ1n) is 4.96. The Morgan fingerprint density at radius 1 is 1.20 bits per heavy atom. The lowest BCUT2D eigenvalue weighted by Crippen LogP contribution is -1.98. The van der Waals surface area contributed by atoms with E-state index in [4.69, 9.17) is 4.55 Å². The molecule has 0 aliphatic carbocycles. The molecule has 0 bridgehead atoms. The van der Waals surface area contributed by atoms with Gasteiger partial charge in [-0.25, -0.2) is 0 Å². The largest absolute Gasteiger partial charge is 0.294 e. The zero-order chi connectivity index (χ0) is 11.5. The van der Waals surface area contributed by atoms with Crippen LogP contribution in [0.2, 0.25) is 0 Å². The van der Waals surface area contributed by atoms with Crippen molar-refractivity contribution in [3.05, 3.63) is 29.8 Å². The Labute approximate surface area is 90.9 Å². The van der Waals surface area contributed by atoms with E-state index in [1.165, 1.54) is 12.1 Å². The summed E-state index contributed by atoms with van der Waals surface area (Å²) in [7, 11) is -4.05. The Morgan fingerprint density at radius 2 is 1.73 bits per heavy atom. The molecule has 0 amide bonds. The number of rotatable bonds is 4. The lowest BCUT2D eigenvalue weighted by molar-refractivity contribution is 0.483. The van der Waals surface area contributed by atoms with Crippen LogP contribution in [0.4, 0.5) is 0 Å². The standard InChI is InChI=1S/C11H16O3S/c1-9(2)3-4-10-5-7-11(8-6-10)15(12,13)14/h5-9H,3-4H2,1-2H3,(H,12,13,14). The van der Waals surface area contributed by atoms with Crippen molar-refractivity contribution in [2.45, 2.75) is 31.6 Å². The fraction of sp³-hybridized carbons (Fsp3) is 0.455. The molecule has 1 aromatic carbocycles. The van der Waals surface area contributed by atoms with Gasteiger partial charge in [-0.05, 0) is 36.5 Å². The van der Waals surface area contributed by atoms with Gasteiger partial charge >= 0.3 is 0 Å². The number of hydrogen-bond acceptors (Lipinski definition) is 2. The third-order valence-corrected chi connectivity index (χ3v) is 3.10. The predicted octanol–water partition coefficient (Wildman–Crippen LogP) is 2.52. The molecule has 0 saturated carbocycles.